The fourth-order valence-corrected chi connectivity index (χ4v) is 3.47. The summed E-state index contributed by atoms with van der Waals surface area (Å²) in [5, 5.41) is 0. The Labute approximate surface area is 142 Å². The number of hydrogen-bond acceptors (Lipinski definition) is 4. The zero-order valence-corrected chi connectivity index (χ0v) is 14.3. The van der Waals surface area contributed by atoms with Crippen molar-refractivity contribution in [1.29, 1.82) is 0 Å². The maximum atomic E-state index is 13.2. The van der Waals surface area contributed by atoms with Gasteiger partial charge < -0.3 is 10.6 Å². The first-order valence-electron chi connectivity index (χ1n) is 8.51. The molecule has 1 saturated heterocycles. The molecule has 5 heteroatoms. The fraction of sp³-hybridized carbons (Fsp3) is 0.421. The number of piperidine rings is 1. The van der Waals surface area contributed by atoms with E-state index in [0.29, 0.717) is 18.2 Å². The molecule has 0 aromatic carbocycles. The maximum Gasteiger partial charge on any atom is 0.273 e. The van der Waals surface area contributed by atoms with Gasteiger partial charge in [0, 0.05) is 48.3 Å². The Hall–Kier alpha value is -2.27. The van der Waals surface area contributed by atoms with Crippen LogP contribution in [-0.2, 0) is 0 Å². The first kappa shape index (κ1) is 16.6. The first-order chi connectivity index (χ1) is 11.6. The second-order valence-electron chi connectivity index (χ2n) is 6.51. The molecule has 1 fully saturated rings. The minimum absolute atomic E-state index is 0.0282. The van der Waals surface area contributed by atoms with E-state index >= 15 is 0 Å². The molecule has 0 spiro atoms. The van der Waals surface area contributed by atoms with Crippen LogP contribution in [0, 0.1) is 12.8 Å². The van der Waals surface area contributed by atoms with Gasteiger partial charge in [0.05, 0.1) is 0 Å². The molecule has 24 heavy (non-hydrogen) atoms. The summed E-state index contributed by atoms with van der Waals surface area (Å²) in [4.78, 5) is 23.9. The van der Waals surface area contributed by atoms with E-state index in [0.717, 1.165) is 36.2 Å². The van der Waals surface area contributed by atoms with Crippen molar-refractivity contribution in [2.45, 2.75) is 32.7 Å². The molecular formula is C19H24N4O. The van der Waals surface area contributed by atoms with Gasteiger partial charge in [-0.25, -0.2) is 4.98 Å². The molecule has 1 aliphatic heterocycles. The van der Waals surface area contributed by atoms with Gasteiger partial charge in [0.15, 0.2) is 0 Å². The molecule has 3 heterocycles. The van der Waals surface area contributed by atoms with Crippen molar-refractivity contribution in [1.82, 2.24) is 14.9 Å². The topological polar surface area (TPSA) is 72.1 Å². The molecule has 1 aliphatic rings. The number of carbonyl (C=O) groups is 1. The molecule has 2 N–H and O–H groups in total. The van der Waals surface area contributed by atoms with E-state index in [1.54, 1.807) is 12.4 Å². The maximum absolute atomic E-state index is 13.2. The Morgan fingerprint density at radius 2 is 2.21 bits per heavy atom. The molecule has 1 amide bonds. The van der Waals surface area contributed by atoms with E-state index in [1.807, 2.05) is 36.1 Å². The smallest absolute Gasteiger partial charge is 0.273 e. The second kappa shape index (κ2) is 7.09. The number of nitrogens with zero attached hydrogens (tertiary/aromatic N) is 3. The van der Waals surface area contributed by atoms with Gasteiger partial charge in [-0.1, -0.05) is 19.1 Å². The average Bonchev–Trinajstić information content (AvgIpc) is 2.61. The Morgan fingerprint density at radius 3 is 2.92 bits per heavy atom. The molecule has 3 rings (SSSR count). The number of amides is 1. The third-order valence-corrected chi connectivity index (χ3v) is 4.83. The van der Waals surface area contributed by atoms with Crippen molar-refractivity contribution in [2.75, 3.05) is 13.1 Å². The predicted molar refractivity (Wildman–Crippen MR) is 94.5 cm³/mol. The predicted octanol–water partition coefficient (Wildman–Crippen LogP) is 2.65. The van der Waals surface area contributed by atoms with Crippen molar-refractivity contribution in [3.63, 3.8) is 0 Å². The number of hydrogen-bond donors (Lipinski definition) is 1. The molecular weight excluding hydrogens is 300 g/mol. The van der Waals surface area contributed by atoms with E-state index in [4.69, 9.17) is 5.73 Å². The molecule has 0 saturated carbocycles. The fourth-order valence-electron chi connectivity index (χ4n) is 3.47. The molecule has 2 atom stereocenters. The van der Waals surface area contributed by atoms with Crippen molar-refractivity contribution < 1.29 is 4.79 Å². The number of aromatic nitrogens is 2. The Kier molecular flexibility index (Phi) is 4.90. The quantitative estimate of drug-likeness (QED) is 0.942. The van der Waals surface area contributed by atoms with Crippen LogP contribution < -0.4 is 5.73 Å². The van der Waals surface area contributed by atoms with Crippen LogP contribution in [-0.4, -0.2) is 39.9 Å². The van der Waals surface area contributed by atoms with Crippen molar-refractivity contribution in [3.8, 4) is 11.1 Å². The third-order valence-electron chi connectivity index (χ3n) is 4.83. The zero-order chi connectivity index (χ0) is 17.1. The highest BCUT2D eigenvalue weighted by Gasteiger charge is 2.33. The first-order valence-corrected chi connectivity index (χ1v) is 8.51. The van der Waals surface area contributed by atoms with Crippen LogP contribution in [0.2, 0.25) is 0 Å². The summed E-state index contributed by atoms with van der Waals surface area (Å²) in [6.07, 6.45) is 5.62. The average molecular weight is 324 g/mol. The van der Waals surface area contributed by atoms with Crippen molar-refractivity contribution in [3.05, 3.63) is 48.0 Å². The number of aryl methyl sites for hydroxylation is 1. The largest absolute Gasteiger partial charge is 0.333 e. The lowest BCUT2D eigenvalue weighted by atomic mass is 9.90. The summed E-state index contributed by atoms with van der Waals surface area (Å²) < 4.78 is 0. The number of carbonyl (C=O) groups excluding carboxylic acids is 1. The van der Waals surface area contributed by atoms with Crippen LogP contribution in [0.4, 0.5) is 0 Å². The van der Waals surface area contributed by atoms with E-state index in [2.05, 4.69) is 16.9 Å². The SMILES string of the molecule is Cc1ccc(-c2cccnc2)c(C(=O)N2CCCC(C)[C@H]2CN)n1. The summed E-state index contributed by atoms with van der Waals surface area (Å²) in [6, 6.07) is 7.79. The van der Waals surface area contributed by atoms with Crippen LogP contribution in [0.3, 0.4) is 0 Å². The minimum Gasteiger partial charge on any atom is -0.333 e. The van der Waals surface area contributed by atoms with Gasteiger partial charge in [0.25, 0.3) is 5.91 Å². The van der Waals surface area contributed by atoms with Crippen LogP contribution in [0.15, 0.2) is 36.7 Å². The number of rotatable bonds is 3. The van der Waals surface area contributed by atoms with Crippen LogP contribution in [0.25, 0.3) is 11.1 Å². The monoisotopic (exact) mass is 324 g/mol. The highest BCUT2D eigenvalue weighted by Crippen LogP contribution is 2.28. The Balaban J connectivity index is 2.02. The summed E-state index contributed by atoms with van der Waals surface area (Å²) in [7, 11) is 0. The molecule has 0 radical (unpaired) electrons. The summed E-state index contributed by atoms with van der Waals surface area (Å²) in [6.45, 7) is 5.31. The Morgan fingerprint density at radius 1 is 1.38 bits per heavy atom. The van der Waals surface area contributed by atoms with Gasteiger partial charge >= 0.3 is 0 Å². The van der Waals surface area contributed by atoms with Gasteiger partial charge in [-0.2, -0.15) is 0 Å². The molecule has 1 unspecified atom stereocenters. The number of nitrogens with two attached hydrogens (primary N) is 1. The number of likely N-dealkylation sites (tertiary alicyclic amines) is 1. The van der Waals surface area contributed by atoms with Gasteiger partial charge in [-0.3, -0.25) is 9.78 Å². The zero-order valence-electron chi connectivity index (χ0n) is 14.3. The minimum atomic E-state index is -0.0282. The summed E-state index contributed by atoms with van der Waals surface area (Å²) >= 11 is 0. The summed E-state index contributed by atoms with van der Waals surface area (Å²) in [5.41, 5.74) is 9.02. The normalized spacial score (nSPS) is 20.9. The van der Waals surface area contributed by atoms with Gasteiger partial charge in [-0.05, 0) is 37.8 Å². The van der Waals surface area contributed by atoms with Crippen LogP contribution in [0.5, 0.6) is 0 Å². The molecule has 2 aromatic rings. The standard InChI is InChI=1S/C19H24N4O/c1-13-5-4-10-23(17(13)11-20)19(24)18-16(8-7-14(2)22-18)15-6-3-9-21-12-15/h3,6-9,12-13,17H,4-5,10-11,20H2,1-2H3/t13?,17-/m1/s1. The Bertz CT molecular complexity index is 717. The van der Waals surface area contributed by atoms with Crippen molar-refractivity contribution in [2.24, 2.45) is 11.7 Å². The molecule has 5 nitrogen and oxygen atoms in total. The number of pyridine rings is 2. The highest BCUT2D eigenvalue weighted by atomic mass is 16.2. The lowest BCUT2D eigenvalue weighted by Gasteiger charge is -2.39. The summed E-state index contributed by atoms with van der Waals surface area (Å²) in [5.74, 6) is 0.388. The molecule has 0 bridgehead atoms. The third kappa shape index (κ3) is 3.17. The van der Waals surface area contributed by atoms with Crippen LogP contribution in [0.1, 0.15) is 35.9 Å². The highest BCUT2D eigenvalue weighted by molar-refractivity contribution is 5.99. The molecule has 126 valence electrons. The second-order valence-corrected chi connectivity index (χ2v) is 6.51. The van der Waals surface area contributed by atoms with Gasteiger partial charge in [-0.15, -0.1) is 0 Å². The van der Waals surface area contributed by atoms with Gasteiger partial charge in [0.2, 0.25) is 0 Å². The van der Waals surface area contributed by atoms with E-state index in [-0.39, 0.29) is 11.9 Å². The van der Waals surface area contributed by atoms with E-state index in [9.17, 15) is 4.79 Å². The lowest BCUT2D eigenvalue weighted by Crippen LogP contribution is -2.51. The van der Waals surface area contributed by atoms with Crippen molar-refractivity contribution >= 4 is 5.91 Å². The van der Waals surface area contributed by atoms with E-state index in [1.165, 1.54) is 0 Å². The van der Waals surface area contributed by atoms with Gasteiger partial charge in [0.1, 0.15) is 5.69 Å². The van der Waals surface area contributed by atoms with Crippen LogP contribution >= 0.6 is 0 Å². The lowest BCUT2D eigenvalue weighted by molar-refractivity contribution is 0.0527. The molecule has 0 aliphatic carbocycles. The molecule has 2 aromatic heterocycles. The van der Waals surface area contributed by atoms with E-state index < -0.39 is 0 Å².